The van der Waals surface area contributed by atoms with Crippen LogP contribution in [0.4, 0.5) is 0 Å². The van der Waals surface area contributed by atoms with Crippen LogP contribution in [0.15, 0.2) is 34.9 Å². The third-order valence-electron chi connectivity index (χ3n) is 6.76. The molecule has 2 aliphatic carbocycles. The zero-order chi connectivity index (χ0) is 20.9. The molecule has 0 saturated heterocycles. The molecule has 0 N–H and O–H groups in total. The average molecular weight is 399 g/mol. The Balaban J connectivity index is 1.74. The van der Waals surface area contributed by atoms with Gasteiger partial charge in [0.25, 0.3) is 0 Å². The Morgan fingerprint density at radius 2 is 1.43 bits per heavy atom. The number of aromatic nitrogens is 1. The molecule has 0 fully saturated rings. The predicted molar refractivity (Wildman–Crippen MR) is 121 cm³/mol. The summed E-state index contributed by atoms with van der Waals surface area (Å²) in [5, 5.41) is 9.16. The van der Waals surface area contributed by atoms with Gasteiger partial charge in [0, 0.05) is 28.4 Å². The summed E-state index contributed by atoms with van der Waals surface area (Å²) in [6, 6.07) is 10.1. The SMILES string of the molecule is CC(C)(C)n1cc2c(c1-c1oc(-c3ccc(C#N)cc3)c3c1CCCC3)CCCC2. The third-order valence-corrected chi connectivity index (χ3v) is 6.76. The molecular weight excluding hydrogens is 368 g/mol. The maximum Gasteiger partial charge on any atom is 0.155 e. The molecule has 0 atom stereocenters. The van der Waals surface area contributed by atoms with Gasteiger partial charge in [-0.3, -0.25) is 0 Å². The summed E-state index contributed by atoms with van der Waals surface area (Å²) in [4.78, 5) is 0. The Bertz CT molecular complexity index is 1130. The molecule has 0 bridgehead atoms. The van der Waals surface area contributed by atoms with Crippen molar-refractivity contribution in [2.75, 3.05) is 0 Å². The molecule has 2 aliphatic rings. The molecule has 0 unspecified atom stereocenters. The maximum atomic E-state index is 9.16. The van der Waals surface area contributed by atoms with Gasteiger partial charge in [-0.1, -0.05) is 0 Å². The van der Waals surface area contributed by atoms with Crippen molar-refractivity contribution in [1.82, 2.24) is 4.57 Å². The molecule has 0 saturated carbocycles. The van der Waals surface area contributed by atoms with E-state index in [1.807, 2.05) is 24.3 Å². The second kappa shape index (κ2) is 7.20. The van der Waals surface area contributed by atoms with Crippen LogP contribution in [0.2, 0.25) is 0 Å². The van der Waals surface area contributed by atoms with Crippen molar-refractivity contribution in [3.8, 4) is 28.8 Å². The highest BCUT2D eigenvalue weighted by molar-refractivity contribution is 5.74. The zero-order valence-corrected chi connectivity index (χ0v) is 18.3. The smallest absolute Gasteiger partial charge is 0.155 e. The molecule has 2 aromatic heterocycles. The summed E-state index contributed by atoms with van der Waals surface area (Å²) in [6.45, 7) is 6.87. The van der Waals surface area contributed by atoms with Gasteiger partial charge in [-0.15, -0.1) is 0 Å². The summed E-state index contributed by atoms with van der Waals surface area (Å²) in [5.41, 5.74) is 8.91. The van der Waals surface area contributed by atoms with Crippen LogP contribution in [0, 0.1) is 11.3 Å². The van der Waals surface area contributed by atoms with Gasteiger partial charge in [0.05, 0.1) is 17.3 Å². The van der Waals surface area contributed by atoms with Crippen molar-refractivity contribution in [3.63, 3.8) is 0 Å². The van der Waals surface area contributed by atoms with Crippen molar-refractivity contribution < 1.29 is 4.42 Å². The van der Waals surface area contributed by atoms with Crippen LogP contribution in [-0.2, 0) is 31.2 Å². The van der Waals surface area contributed by atoms with Crippen LogP contribution < -0.4 is 0 Å². The summed E-state index contributed by atoms with van der Waals surface area (Å²) in [7, 11) is 0. The molecule has 154 valence electrons. The van der Waals surface area contributed by atoms with E-state index < -0.39 is 0 Å². The molecule has 0 aliphatic heterocycles. The van der Waals surface area contributed by atoms with Crippen LogP contribution in [-0.4, -0.2) is 4.57 Å². The van der Waals surface area contributed by atoms with E-state index in [4.69, 9.17) is 9.68 Å². The van der Waals surface area contributed by atoms with Crippen LogP contribution in [0.25, 0.3) is 22.8 Å². The number of hydrogen-bond donors (Lipinski definition) is 0. The second-order valence-electron chi connectivity index (χ2n) is 9.84. The Morgan fingerprint density at radius 1 is 0.833 bits per heavy atom. The van der Waals surface area contributed by atoms with E-state index in [2.05, 4.69) is 37.6 Å². The molecule has 0 radical (unpaired) electrons. The number of hydrogen-bond acceptors (Lipinski definition) is 2. The molecule has 30 heavy (non-hydrogen) atoms. The number of aryl methyl sites for hydroxylation is 1. The van der Waals surface area contributed by atoms with E-state index in [0.717, 1.165) is 36.3 Å². The predicted octanol–water partition coefficient (Wildman–Crippen LogP) is 6.80. The second-order valence-corrected chi connectivity index (χ2v) is 9.84. The van der Waals surface area contributed by atoms with Crippen molar-refractivity contribution >= 4 is 0 Å². The van der Waals surface area contributed by atoms with Crippen LogP contribution in [0.5, 0.6) is 0 Å². The number of nitrogens with zero attached hydrogens (tertiary/aromatic N) is 2. The maximum absolute atomic E-state index is 9.16. The minimum absolute atomic E-state index is 0.00954. The minimum atomic E-state index is 0.00954. The molecule has 0 spiro atoms. The van der Waals surface area contributed by atoms with Gasteiger partial charge < -0.3 is 8.98 Å². The highest BCUT2D eigenvalue weighted by Crippen LogP contribution is 2.45. The van der Waals surface area contributed by atoms with Crippen molar-refractivity contribution in [1.29, 1.82) is 5.26 Å². The number of furan rings is 1. The van der Waals surface area contributed by atoms with Crippen molar-refractivity contribution in [2.24, 2.45) is 0 Å². The van der Waals surface area contributed by atoms with Gasteiger partial charge in [0.1, 0.15) is 5.76 Å². The van der Waals surface area contributed by atoms with Gasteiger partial charge in [-0.25, -0.2) is 0 Å². The molecule has 1 aromatic carbocycles. The van der Waals surface area contributed by atoms with E-state index in [-0.39, 0.29) is 5.54 Å². The Hall–Kier alpha value is -2.73. The first kappa shape index (κ1) is 19.2. The lowest BCUT2D eigenvalue weighted by Crippen LogP contribution is -2.22. The first-order chi connectivity index (χ1) is 14.5. The zero-order valence-electron chi connectivity index (χ0n) is 18.3. The lowest BCUT2D eigenvalue weighted by Gasteiger charge is -2.25. The summed E-state index contributed by atoms with van der Waals surface area (Å²) in [6.07, 6.45) is 11.9. The van der Waals surface area contributed by atoms with E-state index in [1.54, 1.807) is 0 Å². The van der Waals surface area contributed by atoms with Gasteiger partial charge in [0.2, 0.25) is 0 Å². The van der Waals surface area contributed by atoms with Gasteiger partial charge in [0.15, 0.2) is 5.76 Å². The lowest BCUT2D eigenvalue weighted by molar-refractivity contribution is 0.397. The number of rotatable bonds is 2. The molecule has 0 amide bonds. The molecule has 3 aromatic rings. The monoisotopic (exact) mass is 398 g/mol. The van der Waals surface area contributed by atoms with Crippen LogP contribution >= 0.6 is 0 Å². The molecule has 3 heteroatoms. The molecule has 2 heterocycles. The molecule has 3 nitrogen and oxygen atoms in total. The quantitative estimate of drug-likeness (QED) is 0.476. The van der Waals surface area contributed by atoms with E-state index in [1.165, 1.54) is 60.1 Å². The lowest BCUT2D eigenvalue weighted by atomic mass is 9.88. The van der Waals surface area contributed by atoms with E-state index in [0.29, 0.717) is 5.56 Å². The third kappa shape index (κ3) is 3.10. The largest absolute Gasteiger partial charge is 0.454 e. The topological polar surface area (TPSA) is 41.9 Å². The van der Waals surface area contributed by atoms with Gasteiger partial charge in [-0.2, -0.15) is 5.26 Å². The Labute approximate surface area is 179 Å². The number of nitriles is 1. The Morgan fingerprint density at radius 3 is 2.07 bits per heavy atom. The Kier molecular flexibility index (Phi) is 4.62. The van der Waals surface area contributed by atoms with E-state index >= 15 is 0 Å². The minimum Gasteiger partial charge on any atom is -0.454 e. The number of fused-ring (bicyclic) bond motifs is 2. The highest BCUT2D eigenvalue weighted by atomic mass is 16.3. The summed E-state index contributed by atoms with van der Waals surface area (Å²) in [5.74, 6) is 2.11. The van der Waals surface area contributed by atoms with Gasteiger partial charge in [-0.05, 0) is 108 Å². The average Bonchev–Trinajstić information content (AvgIpc) is 3.32. The normalized spacial score (nSPS) is 16.1. The fourth-order valence-electron chi connectivity index (χ4n) is 5.24. The van der Waals surface area contributed by atoms with Gasteiger partial charge >= 0.3 is 0 Å². The molecule has 5 rings (SSSR count). The van der Waals surface area contributed by atoms with Crippen LogP contribution in [0.3, 0.4) is 0 Å². The first-order valence-corrected chi connectivity index (χ1v) is 11.4. The standard InChI is InChI=1S/C27H30N2O/c1-27(2,3)29-17-20-8-4-5-9-21(20)24(29)26-23-11-7-6-10-22(23)25(30-26)19-14-12-18(16-28)13-15-19/h12-15,17H,4-11H2,1-3H3. The number of benzene rings is 1. The fourth-order valence-corrected chi connectivity index (χ4v) is 5.24. The fraction of sp³-hybridized carbons (Fsp3) is 0.444. The van der Waals surface area contributed by atoms with Crippen LogP contribution in [0.1, 0.15) is 74.3 Å². The van der Waals surface area contributed by atoms with E-state index in [9.17, 15) is 0 Å². The van der Waals surface area contributed by atoms with Crippen molar-refractivity contribution in [3.05, 3.63) is 58.3 Å². The van der Waals surface area contributed by atoms with Crippen molar-refractivity contribution in [2.45, 2.75) is 77.7 Å². The summed E-state index contributed by atoms with van der Waals surface area (Å²) >= 11 is 0. The summed E-state index contributed by atoms with van der Waals surface area (Å²) < 4.78 is 9.24. The molecular formula is C27H30N2O. The first-order valence-electron chi connectivity index (χ1n) is 11.4. The highest BCUT2D eigenvalue weighted by Gasteiger charge is 2.32.